The number of hydrogen-bond donors (Lipinski definition) is 0. The minimum atomic E-state index is -4.62. The molecular weight excluding hydrogens is 355 g/mol. The van der Waals surface area contributed by atoms with Crippen molar-refractivity contribution in [3.8, 4) is 0 Å². The Morgan fingerprint density at radius 2 is 1.88 bits per heavy atom. The van der Waals surface area contributed by atoms with Gasteiger partial charge in [-0.3, -0.25) is 4.79 Å². The van der Waals surface area contributed by atoms with E-state index in [2.05, 4.69) is 0 Å². The van der Waals surface area contributed by atoms with E-state index < -0.39 is 36.6 Å². The molecule has 142 valence electrons. The average Bonchev–Trinajstić information content (AvgIpc) is 2.95. The van der Waals surface area contributed by atoms with Crippen molar-refractivity contribution in [3.05, 3.63) is 35.9 Å². The van der Waals surface area contributed by atoms with E-state index in [1.165, 1.54) is 29.2 Å². The average molecular weight is 373 g/mol. The van der Waals surface area contributed by atoms with Gasteiger partial charge < -0.3 is 19.1 Å². The molecule has 0 aromatic heterocycles. The molecule has 1 spiro atoms. The quantitative estimate of drug-likeness (QED) is 0.760. The van der Waals surface area contributed by atoms with Crippen molar-refractivity contribution in [2.45, 2.75) is 30.7 Å². The molecule has 2 aliphatic rings. The summed E-state index contributed by atoms with van der Waals surface area (Å²) in [7, 11) is 0. The minimum absolute atomic E-state index is 0.0552. The Kier molecular flexibility index (Phi) is 5.08. The Labute approximate surface area is 147 Å². The van der Waals surface area contributed by atoms with Gasteiger partial charge in [0.2, 0.25) is 5.91 Å². The van der Waals surface area contributed by atoms with Crippen molar-refractivity contribution in [2.75, 3.05) is 26.3 Å². The Morgan fingerprint density at radius 3 is 2.42 bits per heavy atom. The van der Waals surface area contributed by atoms with Gasteiger partial charge in [0.05, 0.1) is 0 Å². The molecule has 0 aliphatic carbocycles. The normalized spacial score (nSPS) is 20.6. The first-order valence-corrected chi connectivity index (χ1v) is 8.16. The van der Waals surface area contributed by atoms with Crippen molar-refractivity contribution in [1.82, 2.24) is 4.90 Å². The summed E-state index contributed by atoms with van der Waals surface area (Å²) >= 11 is 0. The predicted molar refractivity (Wildman–Crippen MR) is 82.2 cm³/mol. The molecule has 6 nitrogen and oxygen atoms in total. The number of cyclic esters (lactones) is 1. The molecule has 0 radical (unpaired) electrons. The van der Waals surface area contributed by atoms with Crippen molar-refractivity contribution >= 4 is 12.1 Å². The molecule has 1 aromatic carbocycles. The van der Waals surface area contributed by atoms with Crippen LogP contribution >= 0.6 is 0 Å². The Balaban J connectivity index is 1.55. The van der Waals surface area contributed by atoms with Gasteiger partial charge in [-0.15, -0.1) is 0 Å². The molecular formula is C17H18F3NO5. The summed E-state index contributed by atoms with van der Waals surface area (Å²) in [6.07, 6.45) is -6.75. The van der Waals surface area contributed by atoms with Crippen LogP contribution in [-0.2, 0) is 19.0 Å². The lowest BCUT2D eigenvalue weighted by molar-refractivity contribution is -0.224. The number of alkyl halides is 3. The lowest BCUT2D eigenvalue weighted by Gasteiger charge is -2.36. The molecule has 2 aliphatic heterocycles. The minimum Gasteiger partial charge on any atom is -0.430 e. The summed E-state index contributed by atoms with van der Waals surface area (Å²) in [6, 6.07) is 7.18. The highest BCUT2D eigenvalue weighted by atomic mass is 19.4. The van der Waals surface area contributed by atoms with Crippen LogP contribution in [0.5, 0.6) is 0 Å². The summed E-state index contributed by atoms with van der Waals surface area (Å²) in [5.74, 6) is -0.532. The van der Waals surface area contributed by atoms with Gasteiger partial charge in [0.15, 0.2) is 11.7 Å². The number of hydrogen-bond acceptors (Lipinski definition) is 5. The van der Waals surface area contributed by atoms with Gasteiger partial charge in [0.1, 0.15) is 13.2 Å². The zero-order chi connectivity index (χ0) is 18.8. The van der Waals surface area contributed by atoms with Crippen LogP contribution in [0.25, 0.3) is 0 Å². The van der Waals surface area contributed by atoms with Gasteiger partial charge in [-0.25, -0.2) is 4.79 Å². The number of rotatable bonds is 4. The second-order valence-electron chi connectivity index (χ2n) is 6.35. The zero-order valence-electron chi connectivity index (χ0n) is 13.8. The SMILES string of the molecule is O=C1OCC2(CCN(C(=O)COC(c3ccccc3)C(F)(F)F)CC2)O1. The Morgan fingerprint density at radius 1 is 1.23 bits per heavy atom. The van der Waals surface area contributed by atoms with E-state index >= 15 is 0 Å². The Hall–Kier alpha value is -2.29. The van der Waals surface area contributed by atoms with Crippen molar-refractivity contribution in [3.63, 3.8) is 0 Å². The predicted octanol–water partition coefficient (Wildman–Crippen LogP) is 2.83. The monoisotopic (exact) mass is 373 g/mol. The summed E-state index contributed by atoms with van der Waals surface area (Å²) in [5.41, 5.74) is -0.784. The highest BCUT2D eigenvalue weighted by Crippen LogP contribution is 2.36. The second-order valence-corrected chi connectivity index (χ2v) is 6.35. The van der Waals surface area contributed by atoms with Crippen molar-refractivity contribution in [2.24, 2.45) is 0 Å². The van der Waals surface area contributed by atoms with E-state index in [0.717, 1.165) is 0 Å². The number of nitrogens with zero attached hydrogens (tertiary/aromatic N) is 1. The van der Waals surface area contributed by atoms with Gasteiger partial charge in [0.25, 0.3) is 0 Å². The maximum absolute atomic E-state index is 13.2. The molecule has 1 aromatic rings. The summed E-state index contributed by atoms with van der Waals surface area (Å²) < 4.78 is 54.5. The number of carbonyl (C=O) groups excluding carboxylic acids is 2. The number of ether oxygens (including phenoxy) is 3. The van der Waals surface area contributed by atoms with Crippen molar-refractivity contribution in [1.29, 1.82) is 0 Å². The standard InChI is InChI=1S/C17H18F3NO5/c18-17(19,20)14(12-4-2-1-3-5-12)24-10-13(22)21-8-6-16(7-9-21)11-25-15(23)26-16/h1-5,14H,6-11H2. The first-order chi connectivity index (χ1) is 12.3. The molecule has 0 bridgehead atoms. The fraction of sp³-hybridized carbons (Fsp3) is 0.529. The highest BCUT2D eigenvalue weighted by Gasteiger charge is 2.46. The van der Waals surface area contributed by atoms with Crippen LogP contribution in [0.2, 0.25) is 0 Å². The van der Waals surface area contributed by atoms with E-state index in [9.17, 15) is 22.8 Å². The number of piperidine rings is 1. The largest absolute Gasteiger partial charge is 0.509 e. The first kappa shape index (κ1) is 18.5. The van der Waals surface area contributed by atoms with Gasteiger partial charge in [-0.1, -0.05) is 30.3 Å². The summed E-state index contributed by atoms with van der Waals surface area (Å²) in [5, 5.41) is 0. The topological polar surface area (TPSA) is 65.1 Å². The fourth-order valence-corrected chi connectivity index (χ4v) is 3.09. The molecule has 26 heavy (non-hydrogen) atoms. The fourth-order valence-electron chi connectivity index (χ4n) is 3.09. The van der Waals surface area contributed by atoms with Crippen LogP contribution in [0.15, 0.2) is 30.3 Å². The molecule has 0 N–H and O–H groups in total. The van der Waals surface area contributed by atoms with Crippen LogP contribution in [-0.4, -0.2) is 55.0 Å². The molecule has 2 heterocycles. The smallest absolute Gasteiger partial charge is 0.430 e. The van der Waals surface area contributed by atoms with E-state index in [4.69, 9.17) is 14.2 Å². The molecule has 1 unspecified atom stereocenters. The number of carbonyl (C=O) groups is 2. The molecule has 2 saturated heterocycles. The molecule has 2 fully saturated rings. The summed E-state index contributed by atoms with van der Waals surface area (Å²) in [4.78, 5) is 24.7. The third-order valence-corrected chi connectivity index (χ3v) is 4.55. The van der Waals surface area contributed by atoms with Gasteiger partial charge in [-0.2, -0.15) is 13.2 Å². The second kappa shape index (κ2) is 7.14. The first-order valence-electron chi connectivity index (χ1n) is 8.16. The van der Waals surface area contributed by atoms with Gasteiger partial charge in [0, 0.05) is 25.9 Å². The maximum Gasteiger partial charge on any atom is 0.509 e. The third-order valence-electron chi connectivity index (χ3n) is 4.55. The van der Waals surface area contributed by atoms with Crippen molar-refractivity contribution < 1.29 is 37.0 Å². The lowest BCUT2D eigenvalue weighted by atomic mass is 9.92. The maximum atomic E-state index is 13.2. The molecule has 9 heteroatoms. The van der Waals surface area contributed by atoms with E-state index in [0.29, 0.717) is 12.8 Å². The number of halogens is 3. The zero-order valence-corrected chi connectivity index (χ0v) is 13.8. The van der Waals surface area contributed by atoms with E-state index in [1.54, 1.807) is 6.07 Å². The summed E-state index contributed by atoms with van der Waals surface area (Å²) in [6.45, 7) is -0.0153. The van der Waals surface area contributed by atoms with Crippen LogP contribution < -0.4 is 0 Å². The van der Waals surface area contributed by atoms with Crippen LogP contribution in [0.4, 0.5) is 18.0 Å². The van der Waals surface area contributed by atoms with E-state index in [1.807, 2.05) is 0 Å². The number of amides is 1. The Bertz CT molecular complexity index is 656. The molecule has 1 amide bonds. The number of likely N-dealkylation sites (tertiary alicyclic amines) is 1. The highest BCUT2D eigenvalue weighted by molar-refractivity contribution is 5.77. The molecule has 1 atom stereocenters. The number of benzene rings is 1. The van der Waals surface area contributed by atoms with Gasteiger partial charge in [-0.05, 0) is 5.56 Å². The van der Waals surface area contributed by atoms with Crippen LogP contribution in [0.1, 0.15) is 24.5 Å². The lowest BCUT2D eigenvalue weighted by Crippen LogP contribution is -2.49. The molecule has 0 saturated carbocycles. The third kappa shape index (κ3) is 4.09. The van der Waals surface area contributed by atoms with E-state index in [-0.39, 0.29) is 25.3 Å². The van der Waals surface area contributed by atoms with Crippen LogP contribution in [0, 0.1) is 0 Å². The van der Waals surface area contributed by atoms with Gasteiger partial charge >= 0.3 is 12.3 Å². The van der Waals surface area contributed by atoms with Crippen LogP contribution in [0.3, 0.4) is 0 Å². The molecule has 3 rings (SSSR count).